The van der Waals surface area contributed by atoms with E-state index in [4.69, 9.17) is 11.6 Å². The number of anilines is 1. The van der Waals surface area contributed by atoms with Gasteiger partial charge < -0.3 is 0 Å². The number of halogens is 2. The zero-order valence-electron chi connectivity index (χ0n) is 12.5. The maximum absolute atomic E-state index is 13.0. The van der Waals surface area contributed by atoms with E-state index in [1.54, 1.807) is 0 Å². The third kappa shape index (κ3) is 2.59. The highest BCUT2D eigenvalue weighted by Gasteiger charge is 2.49. The molecular formula is C18H16BrClN2O. The van der Waals surface area contributed by atoms with Crippen LogP contribution >= 0.6 is 27.5 Å². The molecule has 2 aromatic rings. The number of nitrogens with zero attached hydrogens (tertiary/aromatic N) is 2. The molecule has 0 unspecified atom stereocenters. The van der Waals surface area contributed by atoms with Gasteiger partial charge in [0.25, 0.3) is 0 Å². The molecule has 0 spiro atoms. The van der Waals surface area contributed by atoms with Crippen molar-refractivity contribution in [3.8, 4) is 0 Å². The minimum atomic E-state index is -0.0475. The molecule has 4 rings (SSSR count). The van der Waals surface area contributed by atoms with Crippen molar-refractivity contribution in [2.45, 2.75) is 25.0 Å². The van der Waals surface area contributed by atoms with E-state index in [2.05, 4.69) is 33.0 Å². The number of carbonyl (C=O) groups is 1. The van der Waals surface area contributed by atoms with Crippen LogP contribution in [0, 0.1) is 0 Å². The molecule has 1 amide bonds. The van der Waals surface area contributed by atoms with Crippen LogP contribution in [-0.2, 0) is 4.79 Å². The van der Waals surface area contributed by atoms with Crippen molar-refractivity contribution < 1.29 is 4.79 Å². The Labute approximate surface area is 149 Å². The van der Waals surface area contributed by atoms with E-state index in [9.17, 15) is 4.79 Å². The number of hydrogen-bond acceptors (Lipinski definition) is 2. The lowest BCUT2D eigenvalue weighted by Gasteiger charge is -2.30. The fourth-order valence-electron chi connectivity index (χ4n) is 3.65. The van der Waals surface area contributed by atoms with Gasteiger partial charge in [0, 0.05) is 21.7 Å². The van der Waals surface area contributed by atoms with Crippen molar-refractivity contribution in [1.29, 1.82) is 0 Å². The number of hydrogen-bond donors (Lipinski definition) is 0. The molecule has 0 aromatic heterocycles. The molecular weight excluding hydrogens is 376 g/mol. The molecule has 2 aliphatic heterocycles. The molecule has 2 aromatic carbocycles. The molecule has 0 bridgehead atoms. The first-order valence-corrected chi connectivity index (χ1v) is 8.92. The molecule has 3 nitrogen and oxygen atoms in total. The molecule has 23 heavy (non-hydrogen) atoms. The molecule has 2 saturated heterocycles. The van der Waals surface area contributed by atoms with E-state index in [1.165, 1.54) is 0 Å². The van der Waals surface area contributed by atoms with Crippen LogP contribution in [0.3, 0.4) is 0 Å². The van der Waals surface area contributed by atoms with Gasteiger partial charge in [0.15, 0.2) is 0 Å². The normalized spacial score (nSPS) is 24.3. The Morgan fingerprint density at radius 1 is 1.13 bits per heavy atom. The van der Waals surface area contributed by atoms with Crippen LogP contribution < -0.4 is 4.90 Å². The maximum atomic E-state index is 13.0. The lowest BCUT2D eigenvalue weighted by Crippen LogP contribution is -2.32. The lowest BCUT2D eigenvalue weighted by molar-refractivity contribution is -0.119. The minimum Gasteiger partial charge on any atom is -0.291 e. The van der Waals surface area contributed by atoms with E-state index >= 15 is 0 Å². The number of benzene rings is 2. The zero-order valence-corrected chi connectivity index (χ0v) is 14.8. The summed E-state index contributed by atoms with van der Waals surface area (Å²) in [5.41, 5.74) is 2.03. The van der Waals surface area contributed by atoms with Crippen molar-refractivity contribution in [3.05, 3.63) is 63.6 Å². The van der Waals surface area contributed by atoms with Crippen molar-refractivity contribution in [3.63, 3.8) is 0 Å². The van der Waals surface area contributed by atoms with Gasteiger partial charge in [-0.1, -0.05) is 39.7 Å². The molecule has 5 heteroatoms. The first-order valence-electron chi connectivity index (χ1n) is 7.75. The Hall–Kier alpha value is -1.36. The second kappa shape index (κ2) is 5.93. The van der Waals surface area contributed by atoms with Crippen LogP contribution in [0.1, 0.15) is 24.6 Å². The summed E-state index contributed by atoms with van der Waals surface area (Å²) in [6, 6.07) is 15.7. The summed E-state index contributed by atoms with van der Waals surface area (Å²) in [6.07, 6.45) is 1.97. The SMILES string of the molecule is O=C1[C@@H]2CCCN2[C@@H](c2cccc(Br)c2)N1c1ccc(Cl)cc1. The number of rotatable bonds is 2. The highest BCUT2D eigenvalue weighted by Crippen LogP contribution is 2.42. The fraction of sp³-hybridized carbons (Fsp3) is 0.278. The quantitative estimate of drug-likeness (QED) is 0.746. The minimum absolute atomic E-state index is 0.00494. The average molecular weight is 392 g/mol. The molecule has 0 N–H and O–H groups in total. The average Bonchev–Trinajstić information content (AvgIpc) is 3.11. The molecule has 0 aliphatic carbocycles. The van der Waals surface area contributed by atoms with Crippen LogP contribution in [0.5, 0.6) is 0 Å². The summed E-state index contributed by atoms with van der Waals surface area (Å²) in [6.45, 7) is 0.956. The van der Waals surface area contributed by atoms with Crippen molar-refractivity contribution in [2.24, 2.45) is 0 Å². The van der Waals surface area contributed by atoms with E-state index < -0.39 is 0 Å². The van der Waals surface area contributed by atoms with Gasteiger partial charge in [-0.15, -0.1) is 0 Å². The molecule has 2 aliphatic rings. The predicted octanol–water partition coefficient (Wildman–Crippen LogP) is 4.61. The summed E-state index contributed by atoms with van der Waals surface area (Å²) >= 11 is 9.55. The molecule has 118 valence electrons. The highest BCUT2D eigenvalue weighted by molar-refractivity contribution is 9.10. The van der Waals surface area contributed by atoms with Gasteiger partial charge in [0.05, 0.1) is 6.04 Å². The van der Waals surface area contributed by atoms with Gasteiger partial charge in [-0.05, 0) is 54.8 Å². The lowest BCUT2D eigenvalue weighted by atomic mass is 10.1. The van der Waals surface area contributed by atoms with Crippen LogP contribution in [-0.4, -0.2) is 23.4 Å². The summed E-state index contributed by atoms with van der Waals surface area (Å²) in [4.78, 5) is 17.2. The van der Waals surface area contributed by atoms with Gasteiger partial charge in [0.1, 0.15) is 6.17 Å². The van der Waals surface area contributed by atoms with Gasteiger partial charge >= 0.3 is 0 Å². The zero-order chi connectivity index (χ0) is 16.0. The maximum Gasteiger partial charge on any atom is 0.246 e. The summed E-state index contributed by atoms with van der Waals surface area (Å²) in [5, 5.41) is 0.680. The van der Waals surface area contributed by atoms with Crippen LogP contribution in [0.2, 0.25) is 5.02 Å². The van der Waals surface area contributed by atoms with Gasteiger partial charge in [0.2, 0.25) is 5.91 Å². The number of carbonyl (C=O) groups excluding carboxylic acids is 1. The standard InChI is InChI=1S/C18H16BrClN2O/c19-13-4-1-3-12(11-13)17-21-10-2-5-16(21)18(23)22(17)15-8-6-14(20)7-9-15/h1,3-4,6-9,11,16-17H,2,5,10H2/t16-,17+/m0/s1. The second-order valence-electron chi connectivity index (χ2n) is 6.01. The summed E-state index contributed by atoms with van der Waals surface area (Å²) in [7, 11) is 0. The van der Waals surface area contributed by atoms with Crippen LogP contribution in [0.25, 0.3) is 0 Å². The summed E-state index contributed by atoms with van der Waals surface area (Å²) in [5.74, 6) is 0.190. The fourth-order valence-corrected chi connectivity index (χ4v) is 4.20. The van der Waals surface area contributed by atoms with E-state index in [-0.39, 0.29) is 18.1 Å². The molecule has 2 heterocycles. The van der Waals surface area contributed by atoms with Gasteiger partial charge in [-0.25, -0.2) is 0 Å². The Bertz CT molecular complexity index is 749. The smallest absolute Gasteiger partial charge is 0.246 e. The number of amides is 1. The van der Waals surface area contributed by atoms with Gasteiger partial charge in [-0.2, -0.15) is 0 Å². The van der Waals surface area contributed by atoms with E-state index in [1.807, 2.05) is 41.3 Å². The van der Waals surface area contributed by atoms with Crippen molar-refractivity contribution >= 4 is 39.1 Å². The molecule has 0 saturated carbocycles. The van der Waals surface area contributed by atoms with Crippen molar-refractivity contribution in [1.82, 2.24) is 4.90 Å². The Morgan fingerprint density at radius 2 is 1.91 bits per heavy atom. The first kappa shape index (κ1) is 15.2. The Kier molecular flexibility index (Phi) is 3.92. The first-order chi connectivity index (χ1) is 11.1. The van der Waals surface area contributed by atoms with E-state index in [0.29, 0.717) is 5.02 Å². The molecule has 2 fully saturated rings. The predicted molar refractivity (Wildman–Crippen MR) is 95.5 cm³/mol. The van der Waals surface area contributed by atoms with Gasteiger partial charge in [-0.3, -0.25) is 14.6 Å². The second-order valence-corrected chi connectivity index (χ2v) is 7.36. The Morgan fingerprint density at radius 3 is 2.65 bits per heavy atom. The van der Waals surface area contributed by atoms with Crippen molar-refractivity contribution in [2.75, 3.05) is 11.4 Å². The monoisotopic (exact) mass is 390 g/mol. The van der Waals surface area contributed by atoms with Crippen LogP contribution in [0.4, 0.5) is 5.69 Å². The topological polar surface area (TPSA) is 23.6 Å². The third-order valence-electron chi connectivity index (χ3n) is 4.63. The van der Waals surface area contributed by atoms with Crippen LogP contribution in [0.15, 0.2) is 53.0 Å². The number of fused-ring (bicyclic) bond motifs is 1. The van der Waals surface area contributed by atoms with E-state index in [0.717, 1.165) is 35.1 Å². The highest BCUT2D eigenvalue weighted by atomic mass is 79.9. The summed E-state index contributed by atoms with van der Waals surface area (Å²) < 4.78 is 1.03. The third-order valence-corrected chi connectivity index (χ3v) is 5.37. The Balaban J connectivity index is 1.81. The molecule has 0 radical (unpaired) electrons. The largest absolute Gasteiger partial charge is 0.291 e. The molecule has 2 atom stereocenters.